The summed E-state index contributed by atoms with van der Waals surface area (Å²) in [6.07, 6.45) is 1.40. The van der Waals surface area contributed by atoms with Crippen LogP contribution in [0.15, 0.2) is 54.6 Å². The van der Waals surface area contributed by atoms with E-state index >= 15 is 0 Å². The molecule has 0 aliphatic carbocycles. The summed E-state index contributed by atoms with van der Waals surface area (Å²) in [6.45, 7) is 6.90. The third-order valence-electron chi connectivity index (χ3n) is 6.08. The van der Waals surface area contributed by atoms with Gasteiger partial charge in [-0.15, -0.1) is 0 Å². The number of benzene rings is 2. The Morgan fingerprint density at radius 3 is 2.55 bits per heavy atom. The highest BCUT2D eigenvalue weighted by molar-refractivity contribution is 6.00. The normalized spacial score (nSPS) is 16.2. The quantitative estimate of drug-likeness (QED) is 0.586. The van der Waals surface area contributed by atoms with E-state index in [1.165, 1.54) is 5.56 Å². The van der Waals surface area contributed by atoms with E-state index in [2.05, 4.69) is 39.6 Å². The number of nitrogens with zero attached hydrogens (tertiary/aromatic N) is 2. The number of aliphatic hydroxyl groups is 1. The summed E-state index contributed by atoms with van der Waals surface area (Å²) in [5.41, 5.74) is 3.94. The number of hydrogen-bond acceptors (Lipinski definition) is 4. The fourth-order valence-electron chi connectivity index (χ4n) is 4.20. The van der Waals surface area contributed by atoms with Crippen LogP contribution in [0.5, 0.6) is 0 Å². The Balaban J connectivity index is 1.26. The van der Waals surface area contributed by atoms with Crippen LogP contribution in [0.1, 0.15) is 29.7 Å². The number of rotatable bonds is 5. The van der Waals surface area contributed by atoms with Crippen molar-refractivity contribution < 1.29 is 9.90 Å². The molecule has 1 fully saturated rings. The van der Waals surface area contributed by atoms with Crippen molar-refractivity contribution in [3.8, 4) is 0 Å². The third kappa shape index (κ3) is 5.03. The molecule has 6 heteroatoms. The van der Waals surface area contributed by atoms with Gasteiger partial charge in [0.25, 0.3) is 0 Å². The Kier molecular flexibility index (Phi) is 6.20. The van der Waals surface area contributed by atoms with Crippen molar-refractivity contribution in [1.82, 2.24) is 15.2 Å². The summed E-state index contributed by atoms with van der Waals surface area (Å²) in [4.78, 5) is 19.2. The Morgan fingerprint density at radius 1 is 1.10 bits per heavy atom. The smallest absolute Gasteiger partial charge is 0.319 e. The van der Waals surface area contributed by atoms with E-state index in [0.29, 0.717) is 19.4 Å². The number of pyridine rings is 1. The number of aryl methyl sites for hydroxylation is 2. The number of fused-ring (bicyclic) bond motifs is 1. The standard InChI is InChI=1S/C25H30N4O2/c1-18-7-9-20(10-8-18)25(31)11-14-29(15-12-25)16-13-26-24(30)28-23-17-19(2)27-22-6-4-3-5-21(22)23/h3-10,17,31H,11-16H2,1-2H3,(H2,26,27,28,30). The minimum absolute atomic E-state index is 0.219. The molecule has 3 N–H and O–H groups in total. The fraction of sp³-hybridized carbons (Fsp3) is 0.360. The summed E-state index contributed by atoms with van der Waals surface area (Å²) in [5.74, 6) is 0. The number of urea groups is 1. The van der Waals surface area contributed by atoms with Gasteiger partial charge in [0.15, 0.2) is 0 Å². The highest BCUT2D eigenvalue weighted by Gasteiger charge is 2.33. The zero-order valence-corrected chi connectivity index (χ0v) is 18.2. The monoisotopic (exact) mass is 418 g/mol. The zero-order chi connectivity index (χ0) is 21.8. The zero-order valence-electron chi connectivity index (χ0n) is 18.2. The largest absolute Gasteiger partial charge is 0.385 e. The van der Waals surface area contributed by atoms with Crippen molar-refractivity contribution in [1.29, 1.82) is 0 Å². The number of aromatic nitrogens is 1. The number of para-hydroxylation sites is 1. The lowest BCUT2D eigenvalue weighted by molar-refractivity contribution is -0.0254. The second-order valence-electron chi connectivity index (χ2n) is 8.45. The predicted molar refractivity (Wildman–Crippen MR) is 124 cm³/mol. The molecular weight excluding hydrogens is 388 g/mol. The molecule has 2 heterocycles. The lowest BCUT2D eigenvalue weighted by Crippen LogP contribution is -2.45. The van der Waals surface area contributed by atoms with Gasteiger partial charge < -0.3 is 20.6 Å². The van der Waals surface area contributed by atoms with Crippen molar-refractivity contribution in [2.75, 3.05) is 31.5 Å². The molecule has 0 bridgehead atoms. The third-order valence-corrected chi connectivity index (χ3v) is 6.08. The summed E-state index contributed by atoms with van der Waals surface area (Å²) in [5, 5.41) is 17.9. The van der Waals surface area contributed by atoms with Gasteiger partial charge in [-0.3, -0.25) is 4.98 Å². The number of amides is 2. The average Bonchev–Trinajstić information content (AvgIpc) is 2.75. The van der Waals surface area contributed by atoms with Crippen LogP contribution in [-0.2, 0) is 5.60 Å². The Hall–Kier alpha value is -2.96. The van der Waals surface area contributed by atoms with Crippen LogP contribution in [0.25, 0.3) is 10.9 Å². The molecule has 0 radical (unpaired) electrons. The summed E-state index contributed by atoms with van der Waals surface area (Å²) in [7, 11) is 0. The number of piperidine rings is 1. The van der Waals surface area contributed by atoms with Gasteiger partial charge in [-0.25, -0.2) is 4.79 Å². The van der Waals surface area contributed by atoms with Gasteiger partial charge in [-0.1, -0.05) is 48.0 Å². The van der Waals surface area contributed by atoms with Gasteiger partial charge in [-0.2, -0.15) is 0 Å². The summed E-state index contributed by atoms with van der Waals surface area (Å²) < 4.78 is 0. The van der Waals surface area contributed by atoms with E-state index in [1.54, 1.807) is 0 Å². The molecule has 6 nitrogen and oxygen atoms in total. The average molecular weight is 419 g/mol. The van der Waals surface area contributed by atoms with Gasteiger partial charge in [-0.05, 0) is 44.4 Å². The highest BCUT2D eigenvalue weighted by atomic mass is 16.3. The molecule has 1 aliphatic heterocycles. The molecule has 31 heavy (non-hydrogen) atoms. The van der Waals surface area contributed by atoms with Gasteiger partial charge in [0.05, 0.1) is 16.8 Å². The SMILES string of the molecule is Cc1ccc(C2(O)CCN(CCNC(=O)Nc3cc(C)nc4ccccc34)CC2)cc1. The lowest BCUT2D eigenvalue weighted by atomic mass is 9.84. The molecule has 3 aromatic rings. The van der Waals surface area contributed by atoms with Crippen LogP contribution in [0.2, 0.25) is 0 Å². The van der Waals surface area contributed by atoms with Gasteiger partial charge in [0.1, 0.15) is 0 Å². The fourth-order valence-corrected chi connectivity index (χ4v) is 4.20. The van der Waals surface area contributed by atoms with Gasteiger partial charge in [0.2, 0.25) is 0 Å². The van der Waals surface area contributed by atoms with E-state index in [9.17, 15) is 9.90 Å². The second kappa shape index (κ2) is 9.04. The molecule has 1 aromatic heterocycles. The Labute approximate surface area is 183 Å². The van der Waals surface area contributed by atoms with Crippen molar-refractivity contribution in [3.05, 3.63) is 71.4 Å². The first-order valence-corrected chi connectivity index (χ1v) is 10.9. The van der Waals surface area contributed by atoms with Crippen LogP contribution < -0.4 is 10.6 Å². The number of likely N-dealkylation sites (tertiary alicyclic amines) is 1. The van der Waals surface area contributed by atoms with E-state index in [1.807, 2.05) is 49.4 Å². The summed E-state index contributed by atoms with van der Waals surface area (Å²) >= 11 is 0. The van der Waals surface area contributed by atoms with Crippen LogP contribution in [0, 0.1) is 13.8 Å². The molecule has 1 saturated heterocycles. The van der Waals surface area contributed by atoms with Crippen LogP contribution >= 0.6 is 0 Å². The molecule has 2 amide bonds. The predicted octanol–water partition coefficient (Wildman–Crippen LogP) is 3.96. The topological polar surface area (TPSA) is 77.5 Å². The van der Waals surface area contributed by atoms with E-state index in [4.69, 9.17) is 0 Å². The Bertz CT molecular complexity index is 1060. The van der Waals surface area contributed by atoms with E-state index in [-0.39, 0.29) is 6.03 Å². The lowest BCUT2D eigenvalue weighted by Gasteiger charge is -2.38. The van der Waals surface area contributed by atoms with Crippen molar-refractivity contribution in [3.63, 3.8) is 0 Å². The van der Waals surface area contributed by atoms with Crippen LogP contribution in [0.4, 0.5) is 10.5 Å². The maximum atomic E-state index is 12.4. The molecule has 4 rings (SSSR count). The van der Waals surface area contributed by atoms with E-state index < -0.39 is 5.60 Å². The number of nitrogens with one attached hydrogen (secondary N) is 2. The van der Waals surface area contributed by atoms with Gasteiger partial charge >= 0.3 is 6.03 Å². The molecule has 2 aromatic carbocycles. The number of hydrogen-bond donors (Lipinski definition) is 3. The molecule has 0 saturated carbocycles. The summed E-state index contributed by atoms with van der Waals surface area (Å²) in [6, 6.07) is 17.6. The maximum absolute atomic E-state index is 12.4. The molecule has 162 valence electrons. The van der Waals surface area contributed by atoms with Gasteiger partial charge in [0, 0.05) is 37.3 Å². The minimum atomic E-state index is -0.755. The first-order chi connectivity index (χ1) is 14.9. The second-order valence-corrected chi connectivity index (χ2v) is 8.45. The molecule has 0 spiro atoms. The molecular formula is C25H30N4O2. The first kappa shape index (κ1) is 21.3. The number of anilines is 1. The number of carbonyl (C=O) groups excluding carboxylic acids is 1. The molecule has 0 atom stereocenters. The van der Waals surface area contributed by atoms with Crippen molar-refractivity contribution in [2.45, 2.75) is 32.3 Å². The Morgan fingerprint density at radius 2 is 1.81 bits per heavy atom. The van der Waals surface area contributed by atoms with E-state index in [0.717, 1.165) is 47.5 Å². The van der Waals surface area contributed by atoms with Crippen LogP contribution in [0.3, 0.4) is 0 Å². The van der Waals surface area contributed by atoms with Crippen molar-refractivity contribution in [2.24, 2.45) is 0 Å². The van der Waals surface area contributed by atoms with Crippen LogP contribution in [-0.4, -0.2) is 47.2 Å². The maximum Gasteiger partial charge on any atom is 0.319 e. The number of carbonyl (C=O) groups is 1. The highest BCUT2D eigenvalue weighted by Crippen LogP contribution is 2.32. The molecule has 0 unspecified atom stereocenters. The minimum Gasteiger partial charge on any atom is -0.385 e. The first-order valence-electron chi connectivity index (χ1n) is 10.9. The van der Waals surface area contributed by atoms with Crippen molar-refractivity contribution >= 4 is 22.6 Å². The molecule has 1 aliphatic rings.